The van der Waals surface area contributed by atoms with Crippen molar-refractivity contribution in [3.63, 3.8) is 0 Å². The van der Waals surface area contributed by atoms with Crippen molar-refractivity contribution in [3.8, 4) is 16.8 Å². The van der Waals surface area contributed by atoms with Gasteiger partial charge in [0.1, 0.15) is 4.83 Å². The van der Waals surface area contributed by atoms with E-state index in [-0.39, 0.29) is 5.56 Å². The van der Waals surface area contributed by atoms with Gasteiger partial charge in [0.05, 0.1) is 10.7 Å². The molecule has 2 heterocycles. The molecule has 0 aliphatic carbocycles. The number of nitrogens with zero attached hydrogens (tertiary/aromatic N) is 1. The van der Waals surface area contributed by atoms with Crippen LogP contribution in [0.3, 0.4) is 0 Å². The summed E-state index contributed by atoms with van der Waals surface area (Å²) < 4.78 is 1.72. The van der Waals surface area contributed by atoms with E-state index in [0.717, 1.165) is 32.0 Å². The molecule has 0 unspecified atom stereocenters. The molecule has 2 aromatic carbocycles. The number of anilines is 1. The van der Waals surface area contributed by atoms with Crippen LogP contribution in [0.15, 0.2) is 77.6 Å². The number of benzene rings is 2. The molecule has 2 aromatic heterocycles. The first-order chi connectivity index (χ1) is 11.3. The van der Waals surface area contributed by atoms with Gasteiger partial charge in [-0.15, -0.1) is 0 Å². The van der Waals surface area contributed by atoms with Crippen molar-refractivity contribution in [1.82, 2.24) is 4.57 Å². The van der Waals surface area contributed by atoms with E-state index in [1.54, 1.807) is 10.6 Å². The number of nitrogen functional groups attached to an aromatic ring is 1. The molecule has 0 fully saturated rings. The molecule has 3 nitrogen and oxygen atoms in total. The van der Waals surface area contributed by atoms with E-state index < -0.39 is 0 Å². The van der Waals surface area contributed by atoms with Crippen LogP contribution in [0.4, 0.5) is 5.00 Å². The van der Waals surface area contributed by atoms with Crippen LogP contribution < -0.4 is 11.3 Å². The molecule has 4 rings (SSSR count). The molecular formula is C19H14N2OS. The second-order valence-electron chi connectivity index (χ2n) is 5.27. The normalized spacial score (nSPS) is 11.0. The molecule has 23 heavy (non-hydrogen) atoms. The molecule has 4 heteroatoms. The zero-order valence-corrected chi connectivity index (χ0v) is 13.1. The number of pyridine rings is 1. The van der Waals surface area contributed by atoms with Crippen LogP contribution in [0.25, 0.3) is 27.0 Å². The van der Waals surface area contributed by atoms with Gasteiger partial charge < -0.3 is 5.73 Å². The average Bonchev–Trinajstić information content (AvgIpc) is 2.92. The lowest BCUT2D eigenvalue weighted by molar-refractivity contribution is 1.06. The fourth-order valence-electron chi connectivity index (χ4n) is 2.82. The maximum absolute atomic E-state index is 12.4. The Hall–Kier alpha value is -2.85. The third-order valence-corrected chi connectivity index (χ3v) is 4.87. The van der Waals surface area contributed by atoms with Crippen LogP contribution in [-0.4, -0.2) is 4.57 Å². The summed E-state index contributed by atoms with van der Waals surface area (Å²) in [6, 6.07) is 23.2. The number of nitrogens with two attached hydrogens (primary N) is 1. The summed E-state index contributed by atoms with van der Waals surface area (Å²) in [6.45, 7) is 0. The first-order valence-electron chi connectivity index (χ1n) is 7.30. The molecule has 0 bridgehead atoms. The highest BCUT2D eigenvalue weighted by Crippen LogP contribution is 2.40. The smallest absolute Gasteiger partial charge is 0.256 e. The Morgan fingerprint density at radius 3 is 2.17 bits per heavy atom. The molecule has 0 aliphatic rings. The number of aromatic nitrogens is 1. The van der Waals surface area contributed by atoms with Gasteiger partial charge in [-0.2, -0.15) is 0 Å². The van der Waals surface area contributed by atoms with Crippen LogP contribution in [0.5, 0.6) is 0 Å². The lowest BCUT2D eigenvalue weighted by Gasteiger charge is -2.07. The topological polar surface area (TPSA) is 48.0 Å². The van der Waals surface area contributed by atoms with Gasteiger partial charge in [0, 0.05) is 17.0 Å². The quantitative estimate of drug-likeness (QED) is 0.599. The second kappa shape index (κ2) is 5.41. The average molecular weight is 318 g/mol. The Morgan fingerprint density at radius 2 is 1.48 bits per heavy atom. The fourth-order valence-corrected chi connectivity index (χ4v) is 3.93. The Balaban J connectivity index is 2.08. The van der Waals surface area contributed by atoms with Gasteiger partial charge >= 0.3 is 0 Å². The van der Waals surface area contributed by atoms with Gasteiger partial charge in [0.15, 0.2) is 0 Å². The van der Waals surface area contributed by atoms with Crippen LogP contribution in [0.2, 0.25) is 0 Å². The van der Waals surface area contributed by atoms with Gasteiger partial charge in [0.25, 0.3) is 5.56 Å². The minimum atomic E-state index is -0.0513. The molecule has 0 saturated carbocycles. The van der Waals surface area contributed by atoms with Crippen molar-refractivity contribution in [2.45, 2.75) is 0 Å². The van der Waals surface area contributed by atoms with Crippen LogP contribution in [0, 0.1) is 0 Å². The second-order valence-corrected chi connectivity index (χ2v) is 6.30. The summed E-state index contributed by atoms with van der Waals surface area (Å²) in [4.78, 5) is 13.3. The van der Waals surface area contributed by atoms with Gasteiger partial charge in [0.2, 0.25) is 0 Å². The van der Waals surface area contributed by atoms with E-state index in [1.165, 1.54) is 11.3 Å². The van der Waals surface area contributed by atoms with Crippen molar-refractivity contribution in [1.29, 1.82) is 0 Å². The highest BCUT2D eigenvalue weighted by molar-refractivity contribution is 7.23. The molecule has 0 saturated heterocycles. The number of fused-ring (bicyclic) bond motifs is 1. The number of hydrogen-bond acceptors (Lipinski definition) is 3. The molecule has 0 spiro atoms. The Kier molecular flexibility index (Phi) is 3.24. The first-order valence-corrected chi connectivity index (χ1v) is 8.12. The van der Waals surface area contributed by atoms with Gasteiger partial charge in [-0.3, -0.25) is 9.36 Å². The Bertz CT molecular complexity index is 1030. The van der Waals surface area contributed by atoms with Crippen LogP contribution in [0.1, 0.15) is 0 Å². The van der Waals surface area contributed by atoms with Crippen molar-refractivity contribution < 1.29 is 0 Å². The van der Waals surface area contributed by atoms with Crippen molar-refractivity contribution >= 4 is 26.6 Å². The molecule has 0 amide bonds. The molecular weight excluding hydrogens is 304 g/mol. The molecule has 0 aliphatic heterocycles. The highest BCUT2D eigenvalue weighted by Gasteiger charge is 2.16. The van der Waals surface area contributed by atoms with E-state index in [9.17, 15) is 4.79 Å². The largest absolute Gasteiger partial charge is 0.390 e. The molecule has 0 radical (unpaired) electrons. The molecule has 0 atom stereocenters. The minimum absolute atomic E-state index is 0.0513. The van der Waals surface area contributed by atoms with Crippen molar-refractivity contribution in [2.24, 2.45) is 0 Å². The summed E-state index contributed by atoms with van der Waals surface area (Å²) in [5, 5.41) is 1.73. The Morgan fingerprint density at radius 1 is 0.826 bits per heavy atom. The van der Waals surface area contributed by atoms with E-state index in [1.807, 2.05) is 66.7 Å². The number of para-hydroxylation sites is 1. The van der Waals surface area contributed by atoms with E-state index in [2.05, 4.69) is 0 Å². The van der Waals surface area contributed by atoms with Crippen molar-refractivity contribution in [3.05, 3.63) is 83.2 Å². The third-order valence-electron chi connectivity index (χ3n) is 3.85. The van der Waals surface area contributed by atoms with Gasteiger partial charge in [-0.1, -0.05) is 59.9 Å². The standard InChI is InChI=1S/C19H14N2OS/c20-18-17(13-7-3-1-4-8-13)15-11-12-16(22)21(19(15)23-18)14-9-5-2-6-10-14/h1-12H,20H2. The van der Waals surface area contributed by atoms with Crippen LogP contribution in [-0.2, 0) is 0 Å². The molecule has 4 aromatic rings. The zero-order valence-electron chi connectivity index (χ0n) is 12.3. The number of rotatable bonds is 2. The lowest BCUT2D eigenvalue weighted by Crippen LogP contribution is -2.16. The summed E-state index contributed by atoms with van der Waals surface area (Å²) >= 11 is 1.45. The maximum atomic E-state index is 12.4. The third kappa shape index (κ3) is 2.24. The molecule has 112 valence electrons. The number of hydrogen-bond donors (Lipinski definition) is 1. The predicted octanol–water partition coefficient (Wildman–Crippen LogP) is 4.30. The monoisotopic (exact) mass is 318 g/mol. The SMILES string of the molecule is Nc1sc2c(ccc(=O)n2-c2ccccc2)c1-c1ccccc1. The fraction of sp³-hybridized carbons (Fsp3) is 0. The summed E-state index contributed by atoms with van der Waals surface area (Å²) in [6.07, 6.45) is 0. The maximum Gasteiger partial charge on any atom is 0.256 e. The number of thiophene rings is 1. The minimum Gasteiger partial charge on any atom is -0.390 e. The van der Waals surface area contributed by atoms with Gasteiger partial charge in [-0.25, -0.2) is 0 Å². The summed E-state index contributed by atoms with van der Waals surface area (Å²) in [7, 11) is 0. The lowest BCUT2D eigenvalue weighted by atomic mass is 10.1. The summed E-state index contributed by atoms with van der Waals surface area (Å²) in [5.41, 5.74) is 9.15. The Labute approximate surface area is 137 Å². The summed E-state index contributed by atoms with van der Waals surface area (Å²) in [5.74, 6) is 0. The highest BCUT2D eigenvalue weighted by atomic mass is 32.1. The van der Waals surface area contributed by atoms with Gasteiger partial charge in [-0.05, 0) is 23.8 Å². The zero-order chi connectivity index (χ0) is 15.8. The van der Waals surface area contributed by atoms with E-state index >= 15 is 0 Å². The predicted molar refractivity (Wildman–Crippen MR) is 97.3 cm³/mol. The van der Waals surface area contributed by atoms with Crippen LogP contribution >= 0.6 is 11.3 Å². The molecule has 2 N–H and O–H groups in total. The van der Waals surface area contributed by atoms with E-state index in [4.69, 9.17) is 5.73 Å². The van der Waals surface area contributed by atoms with Crippen molar-refractivity contribution in [2.75, 3.05) is 5.73 Å². The van der Waals surface area contributed by atoms with E-state index in [0.29, 0.717) is 0 Å². The first kappa shape index (κ1) is 13.8.